The zero-order valence-electron chi connectivity index (χ0n) is 21.7. The van der Waals surface area contributed by atoms with E-state index < -0.39 is 11.7 Å². The number of rotatable bonds is 6. The SMILES string of the molecule is COc1cccc(-c2cccc(NC(=O)Nc3cc4ccc(OC5CCN(C)CC5)c(C)c4oc3=O)c2)c1. The number of nitrogens with zero attached hydrogens (tertiary/aromatic N) is 1. The zero-order chi connectivity index (χ0) is 26.6. The van der Waals surface area contributed by atoms with E-state index in [1.165, 1.54) is 0 Å². The predicted molar refractivity (Wildman–Crippen MR) is 149 cm³/mol. The van der Waals surface area contributed by atoms with Crippen LogP contribution in [0.1, 0.15) is 18.4 Å². The molecule has 0 spiro atoms. The van der Waals surface area contributed by atoms with Gasteiger partial charge in [-0.2, -0.15) is 0 Å². The lowest BCUT2D eigenvalue weighted by Crippen LogP contribution is -2.35. The van der Waals surface area contributed by atoms with Gasteiger partial charge in [0.15, 0.2) is 0 Å². The predicted octanol–water partition coefficient (Wildman–Crippen LogP) is 5.89. The van der Waals surface area contributed by atoms with Crippen molar-refractivity contribution in [1.82, 2.24) is 4.90 Å². The molecule has 1 aliphatic rings. The molecule has 8 heteroatoms. The lowest BCUT2D eigenvalue weighted by Gasteiger charge is -2.29. The topological polar surface area (TPSA) is 93.0 Å². The van der Waals surface area contributed by atoms with E-state index in [0.29, 0.717) is 22.4 Å². The maximum absolute atomic E-state index is 12.7. The molecule has 196 valence electrons. The second-order valence-corrected chi connectivity index (χ2v) is 9.57. The van der Waals surface area contributed by atoms with Crippen molar-refractivity contribution >= 4 is 28.4 Å². The maximum atomic E-state index is 12.7. The van der Waals surface area contributed by atoms with Crippen LogP contribution in [0.15, 0.2) is 75.9 Å². The number of ether oxygens (including phenoxy) is 2. The standard InChI is InChI=1S/C30H31N3O5/c1-19-27(37-24-12-14-33(2)15-13-24)11-10-22-18-26(29(34)38-28(19)22)32-30(35)31-23-8-4-6-20(16-23)21-7-5-9-25(17-21)36-3/h4-11,16-18,24H,12-15H2,1-3H3,(H2,31,32,35). The van der Waals surface area contributed by atoms with E-state index in [4.69, 9.17) is 13.9 Å². The number of amides is 2. The fraction of sp³-hybridized carbons (Fsp3) is 0.267. The Bertz CT molecular complexity index is 1520. The first kappa shape index (κ1) is 25.4. The molecule has 0 radical (unpaired) electrons. The van der Waals surface area contributed by atoms with Gasteiger partial charge in [0.1, 0.15) is 28.9 Å². The molecule has 2 N–H and O–H groups in total. The van der Waals surface area contributed by atoms with Crippen LogP contribution in [0.5, 0.6) is 11.5 Å². The Balaban J connectivity index is 1.30. The average molecular weight is 514 g/mol. The highest BCUT2D eigenvalue weighted by Gasteiger charge is 2.20. The van der Waals surface area contributed by atoms with Crippen molar-refractivity contribution < 1.29 is 18.7 Å². The van der Waals surface area contributed by atoms with E-state index >= 15 is 0 Å². The van der Waals surface area contributed by atoms with Crippen LogP contribution >= 0.6 is 0 Å². The van der Waals surface area contributed by atoms with E-state index in [0.717, 1.165) is 48.4 Å². The Hall–Kier alpha value is -4.30. The van der Waals surface area contributed by atoms with Crippen LogP contribution < -0.4 is 25.7 Å². The first-order chi connectivity index (χ1) is 18.4. The van der Waals surface area contributed by atoms with E-state index in [9.17, 15) is 9.59 Å². The summed E-state index contributed by atoms with van der Waals surface area (Å²) in [5.74, 6) is 1.46. The number of carbonyl (C=O) groups is 1. The first-order valence-corrected chi connectivity index (χ1v) is 12.6. The molecule has 2 heterocycles. The monoisotopic (exact) mass is 513 g/mol. The molecule has 1 saturated heterocycles. The minimum Gasteiger partial charge on any atom is -0.497 e. The number of urea groups is 1. The van der Waals surface area contributed by atoms with Gasteiger partial charge < -0.3 is 29.4 Å². The highest BCUT2D eigenvalue weighted by atomic mass is 16.5. The Kier molecular flexibility index (Phi) is 7.33. The molecule has 1 aliphatic heterocycles. The van der Waals surface area contributed by atoms with Gasteiger partial charge in [-0.05, 0) is 80.4 Å². The third-order valence-corrected chi connectivity index (χ3v) is 6.83. The van der Waals surface area contributed by atoms with Crippen molar-refractivity contribution in [3.63, 3.8) is 0 Å². The summed E-state index contributed by atoms with van der Waals surface area (Å²) in [5.41, 5.74) is 3.11. The van der Waals surface area contributed by atoms with E-state index in [2.05, 4.69) is 22.6 Å². The van der Waals surface area contributed by atoms with E-state index in [1.54, 1.807) is 19.2 Å². The number of methoxy groups -OCH3 is 1. The molecular formula is C30H31N3O5. The molecule has 0 unspecified atom stereocenters. The number of anilines is 2. The van der Waals surface area contributed by atoms with Gasteiger partial charge in [0.25, 0.3) is 0 Å². The molecule has 8 nitrogen and oxygen atoms in total. The second-order valence-electron chi connectivity index (χ2n) is 9.57. The van der Waals surface area contributed by atoms with Gasteiger partial charge in [-0.15, -0.1) is 0 Å². The highest BCUT2D eigenvalue weighted by Crippen LogP contribution is 2.30. The smallest absolute Gasteiger partial charge is 0.360 e. The van der Waals surface area contributed by atoms with Crippen molar-refractivity contribution in [2.24, 2.45) is 0 Å². The van der Waals surface area contributed by atoms with Crippen LogP contribution in [0.25, 0.3) is 22.1 Å². The third kappa shape index (κ3) is 5.65. The molecule has 38 heavy (non-hydrogen) atoms. The molecule has 2 amide bonds. The van der Waals surface area contributed by atoms with E-state index in [-0.39, 0.29) is 11.8 Å². The van der Waals surface area contributed by atoms with Gasteiger partial charge in [-0.25, -0.2) is 9.59 Å². The zero-order valence-corrected chi connectivity index (χ0v) is 21.7. The molecule has 4 aromatic rings. The lowest BCUT2D eigenvalue weighted by molar-refractivity contribution is 0.113. The maximum Gasteiger partial charge on any atom is 0.360 e. The summed E-state index contributed by atoms with van der Waals surface area (Å²) in [6.45, 7) is 3.87. The fourth-order valence-electron chi connectivity index (χ4n) is 4.67. The Morgan fingerprint density at radius 1 is 0.974 bits per heavy atom. The van der Waals surface area contributed by atoms with Gasteiger partial charge >= 0.3 is 11.7 Å². The number of carbonyl (C=O) groups excluding carboxylic acids is 1. The summed E-state index contributed by atoms with van der Waals surface area (Å²) in [4.78, 5) is 27.8. The van der Waals surface area contributed by atoms with Gasteiger partial charge in [-0.1, -0.05) is 24.3 Å². The first-order valence-electron chi connectivity index (χ1n) is 12.6. The molecule has 0 saturated carbocycles. The number of fused-ring (bicyclic) bond motifs is 1. The van der Waals surface area contributed by atoms with Crippen LogP contribution in [-0.2, 0) is 0 Å². The molecule has 0 atom stereocenters. The van der Waals surface area contributed by atoms with Crippen molar-refractivity contribution in [3.8, 4) is 22.6 Å². The minimum atomic E-state index is -0.627. The van der Waals surface area contributed by atoms with Crippen LogP contribution in [0, 0.1) is 6.92 Å². The summed E-state index contributed by atoms with van der Waals surface area (Å²) >= 11 is 0. The molecule has 1 aromatic heterocycles. The number of hydrogen-bond acceptors (Lipinski definition) is 6. The Morgan fingerprint density at radius 3 is 2.47 bits per heavy atom. The molecule has 0 bridgehead atoms. The van der Waals surface area contributed by atoms with Crippen molar-refractivity contribution in [2.45, 2.75) is 25.9 Å². The fourth-order valence-corrected chi connectivity index (χ4v) is 4.67. The third-order valence-electron chi connectivity index (χ3n) is 6.83. The van der Waals surface area contributed by atoms with Crippen LogP contribution in [0.4, 0.5) is 16.2 Å². The average Bonchev–Trinajstić information content (AvgIpc) is 2.92. The Labute approximate surface area is 221 Å². The van der Waals surface area contributed by atoms with Gasteiger partial charge in [0.2, 0.25) is 0 Å². The van der Waals surface area contributed by atoms with Crippen LogP contribution in [0.3, 0.4) is 0 Å². The number of aryl methyl sites for hydroxylation is 1. The summed E-state index contributed by atoms with van der Waals surface area (Å²) in [6, 6.07) is 19.9. The quantitative estimate of drug-likeness (QED) is 0.312. The van der Waals surface area contributed by atoms with Gasteiger partial charge in [0.05, 0.1) is 7.11 Å². The lowest BCUT2D eigenvalue weighted by atomic mass is 10.0. The van der Waals surface area contributed by atoms with Gasteiger partial charge in [0, 0.05) is 29.7 Å². The summed E-state index contributed by atoms with van der Waals surface area (Å²) in [7, 11) is 3.73. The molecule has 5 rings (SSSR count). The molecule has 0 aliphatic carbocycles. The van der Waals surface area contributed by atoms with Crippen molar-refractivity contribution in [2.75, 3.05) is 37.9 Å². The Morgan fingerprint density at radius 2 is 1.71 bits per heavy atom. The molecular weight excluding hydrogens is 482 g/mol. The van der Waals surface area contributed by atoms with E-state index in [1.807, 2.05) is 61.5 Å². The minimum absolute atomic E-state index is 0.0577. The van der Waals surface area contributed by atoms with Crippen molar-refractivity contribution in [1.29, 1.82) is 0 Å². The largest absolute Gasteiger partial charge is 0.497 e. The van der Waals surface area contributed by atoms with Crippen molar-refractivity contribution in [3.05, 3.63) is 82.7 Å². The highest BCUT2D eigenvalue weighted by molar-refractivity contribution is 6.01. The van der Waals surface area contributed by atoms with Crippen LogP contribution in [0.2, 0.25) is 0 Å². The molecule has 3 aromatic carbocycles. The molecule has 1 fully saturated rings. The summed E-state index contributed by atoms with van der Waals surface area (Å²) < 4.78 is 17.1. The number of likely N-dealkylation sites (tertiary alicyclic amines) is 1. The second kappa shape index (κ2) is 11.0. The van der Waals surface area contributed by atoms with Gasteiger partial charge in [-0.3, -0.25) is 0 Å². The number of nitrogens with one attached hydrogen (secondary N) is 2. The normalized spacial score (nSPS) is 14.3. The number of hydrogen-bond donors (Lipinski definition) is 2. The summed E-state index contributed by atoms with van der Waals surface area (Å²) in [6.07, 6.45) is 2.05. The van der Waals surface area contributed by atoms with Crippen LogP contribution in [-0.4, -0.2) is 44.3 Å². The summed E-state index contributed by atoms with van der Waals surface area (Å²) in [5, 5.41) is 6.11. The number of piperidine rings is 1. The number of benzene rings is 3.